The molecule has 0 fully saturated rings. The summed E-state index contributed by atoms with van der Waals surface area (Å²) in [6, 6.07) is 11.5. The highest BCUT2D eigenvalue weighted by Crippen LogP contribution is 2.14. The first-order valence-corrected chi connectivity index (χ1v) is 6.99. The molecule has 0 aromatic heterocycles. The SMILES string of the molecule is CCCNC(C)CC(C)CCc1ccccc1. The van der Waals surface area contributed by atoms with Gasteiger partial charge in [0.1, 0.15) is 0 Å². The molecule has 1 aromatic carbocycles. The normalized spacial score (nSPS) is 14.5. The molecule has 17 heavy (non-hydrogen) atoms. The minimum absolute atomic E-state index is 0.653. The van der Waals surface area contributed by atoms with Crippen LogP contribution in [0.1, 0.15) is 45.6 Å². The molecule has 0 saturated heterocycles. The zero-order valence-electron chi connectivity index (χ0n) is 11.6. The highest BCUT2D eigenvalue weighted by molar-refractivity contribution is 5.14. The van der Waals surface area contributed by atoms with E-state index in [0.717, 1.165) is 12.5 Å². The predicted molar refractivity (Wildman–Crippen MR) is 76.3 cm³/mol. The van der Waals surface area contributed by atoms with Crippen LogP contribution in [0.4, 0.5) is 0 Å². The fourth-order valence-corrected chi connectivity index (χ4v) is 2.25. The van der Waals surface area contributed by atoms with Crippen molar-refractivity contribution in [3.63, 3.8) is 0 Å². The lowest BCUT2D eigenvalue weighted by molar-refractivity contribution is 0.403. The van der Waals surface area contributed by atoms with Gasteiger partial charge in [-0.15, -0.1) is 0 Å². The van der Waals surface area contributed by atoms with E-state index in [1.54, 1.807) is 0 Å². The van der Waals surface area contributed by atoms with Gasteiger partial charge in [0.25, 0.3) is 0 Å². The summed E-state index contributed by atoms with van der Waals surface area (Å²) in [7, 11) is 0. The van der Waals surface area contributed by atoms with Crippen LogP contribution in [-0.2, 0) is 6.42 Å². The zero-order chi connectivity index (χ0) is 12.5. The summed E-state index contributed by atoms with van der Waals surface area (Å²) >= 11 is 0. The van der Waals surface area contributed by atoms with Crippen LogP contribution in [0.2, 0.25) is 0 Å². The fraction of sp³-hybridized carbons (Fsp3) is 0.625. The molecule has 0 spiro atoms. The maximum Gasteiger partial charge on any atom is 0.00412 e. The van der Waals surface area contributed by atoms with Crippen LogP contribution in [-0.4, -0.2) is 12.6 Å². The van der Waals surface area contributed by atoms with Crippen molar-refractivity contribution in [3.8, 4) is 0 Å². The number of hydrogen-bond acceptors (Lipinski definition) is 1. The van der Waals surface area contributed by atoms with Crippen molar-refractivity contribution in [2.45, 2.75) is 52.5 Å². The Balaban J connectivity index is 2.19. The summed E-state index contributed by atoms with van der Waals surface area (Å²) in [5.74, 6) is 0.801. The standard InChI is InChI=1S/C16H27N/c1-4-12-17-15(3)13-14(2)10-11-16-8-6-5-7-9-16/h5-9,14-15,17H,4,10-13H2,1-3H3. The third-order valence-corrected chi connectivity index (χ3v) is 3.27. The maximum atomic E-state index is 3.56. The number of benzene rings is 1. The third-order valence-electron chi connectivity index (χ3n) is 3.27. The molecule has 0 saturated carbocycles. The minimum atomic E-state index is 0.653. The Morgan fingerprint density at radius 3 is 2.47 bits per heavy atom. The highest BCUT2D eigenvalue weighted by Gasteiger charge is 2.08. The van der Waals surface area contributed by atoms with Crippen molar-refractivity contribution in [3.05, 3.63) is 35.9 Å². The first-order chi connectivity index (χ1) is 8.22. The van der Waals surface area contributed by atoms with Crippen molar-refractivity contribution < 1.29 is 0 Å². The van der Waals surface area contributed by atoms with E-state index in [-0.39, 0.29) is 0 Å². The summed E-state index contributed by atoms with van der Waals surface area (Å²) in [6.45, 7) is 8.03. The molecular formula is C16H27N. The van der Waals surface area contributed by atoms with Crippen molar-refractivity contribution in [2.75, 3.05) is 6.54 Å². The topological polar surface area (TPSA) is 12.0 Å². The average molecular weight is 233 g/mol. The van der Waals surface area contributed by atoms with Gasteiger partial charge in [-0.1, -0.05) is 44.2 Å². The summed E-state index contributed by atoms with van der Waals surface area (Å²) < 4.78 is 0. The second-order valence-corrected chi connectivity index (χ2v) is 5.22. The Hall–Kier alpha value is -0.820. The second kappa shape index (κ2) is 8.30. The van der Waals surface area contributed by atoms with Crippen molar-refractivity contribution in [2.24, 2.45) is 5.92 Å². The molecule has 1 heteroatoms. The maximum absolute atomic E-state index is 3.56. The number of nitrogens with one attached hydrogen (secondary N) is 1. The molecule has 1 aromatic rings. The largest absolute Gasteiger partial charge is 0.314 e. The Morgan fingerprint density at radius 2 is 1.82 bits per heavy atom. The molecule has 0 aliphatic rings. The smallest absolute Gasteiger partial charge is 0.00412 e. The molecule has 2 atom stereocenters. The summed E-state index contributed by atoms with van der Waals surface area (Å²) in [4.78, 5) is 0. The zero-order valence-corrected chi connectivity index (χ0v) is 11.6. The van der Waals surface area contributed by atoms with Gasteiger partial charge in [0.2, 0.25) is 0 Å². The number of rotatable bonds is 8. The molecule has 2 unspecified atom stereocenters. The lowest BCUT2D eigenvalue weighted by Gasteiger charge is -2.18. The molecule has 0 heterocycles. The molecule has 1 rings (SSSR count). The summed E-state index contributed by atoms with van der Waals surface area (Å²) in [6.07, 6.45) is 5.01. The molecule has 0 bridgehead atoms. The molecule has 96 valence electrons. The molecule has 1 nitrogen and oxygen atoms in total. The lowest BCUT2D eigenvalue weighted by atomic mass is 9.95. The highest BCUT2D eigenvalue weighted by atomic mass is 14.9. The van der Waals surface area contributed by atoms with E-state index >= 15 is 0 Å². The van der Waals surface area contributed by atoms with Gasteiger partial charge >= 0.3 is 0 Å². The van der Waals surface area contributed by atoms with Crippen molar-refractivity contribution in [1.29, 1.82) is 0 Å². The Bertz CT molecular complexity index is 281. The van der Waals surface area contributed by atoms with Gasteiger partial charge in [-0.25, -0.2) is 0 Å². The van der Waals surface area contributed by atoms with Crippen LogP contribution in [0, 0.1) is 5.92 Å². The number of aryl methyl sites for hydroxylation is 1. The molecule has 1 N–H and O–H groups in total. The molecular weight excluding hydrogens is 206 g/mol. The fourth-order valence-electron chi connectivity index (χ4n) is 2.25. The van der Waals surface area contributed by atoms with E-state index in [1.165, 1.54) is 31.2 Å². The van der Waals surface area contributed by atoms with Crippen LogP contribution in [0.25, 0.3) is 0 Å². The van der Waals surface area contributed by atoms with E-state index in [9.17, 15) is 0 Å². The molecule has 0 radical (unpaired) electrons. The Morgan fingerprint density at radius 1 is 1.12 bits per heavy atom. The summed E-state index contributed by atoms with van der Waals surface area (Å²) in [5.41, 5.74) is 1.47. The Kier molecular flexibility index (Phi) is 6.95. The van der Waals surface area contributed by atoms with Crippen LogP contribution in [0.3, 0.4) is 0 Å². The second-order valence-electron chi connectivity index (χ2n) is 5.22. The third kappa shape index (κ3) is 6.48. The van der Waals surface area contributed by atoms with Gasteiger partial charge in [-0.05, 0) is 50.6 Å². The van der Waals surface area contributed by atoms with E-state index in [1.807, 2.05) is 0 Å². The molecule has 0 amide bonds. The molecule has 0 aliphatic heterocycles. The first kappa shape index (κ1) is 14.2. The monoisotopic (exact) mass is 233 g/mol. The summed E-state index contributed by atoms with van der Waals surface area (Å²) in [5, 5.41) is 3.56. The van der Waals surface area contributed by atoms with Gasteiger partial charge < -0.3 is 5.32 Å². The van der Waals surface area contributed by atoms with Crippen LogP contribution >= 0.6 is 0 Å². The quantitative estimate of drug-likeness (QED) is 0.714. The van der Waals surface area contributed by atoms with E-state index in [2.05, 4.69) is 56.4 Å². The van der Waals surface area contributed by atoms with E-state index in [4.69, 9.17) is 0 Å². The average Bonchev–Trinajstić information content (AvgIpc) is 2.35. The van der Waals surface area contributed by atoms with E-state index < -0.39 is 0 Å². The van der Waals surface area contributed by atoms with Crippen molar-refractivity contribution in [1.82, 2.24) is 5.32 Å². The lowest BCUT2D eigenvalue weighted by Crippen LogP contribution is -2.28. The van der Waals surface area contributed by atoms with Gasteiger partial charge in [0, 0.05) is 6.04 Å². The van der Waals surface area contributed by atoms with Crippen LogP contribution in [0.15, 0.2) is 30.3 Å². The van der Waals surface area contributed by atoms with Gasteiger partial charge in [0.15, 0.2) is 0 Å². The number of hydrogen-bond donors (Lipinski definition) is 1. The molecule has 0 aliphatic carbocycles. The first-order valence-electron chi connectivity index (χ1n) is 6.99. The van der Waals surface area contributed by atoms with Gasteiger partial charge in [0.05, 0.1) is 0 Å². The van der Waals surface area contributed by atoms with Crippen LogP contribution in [0.5, 0.6) is 0 Å². The Labute approximate surface area is 107 Å². The predicted octanol–water partition coefficient (Wildman–Crippen LogP) is 4.03. The van der Waals surface area contributed by atoms with Gasteiger partial charge in [-0.2, -0.15) is 0 Å². The van der Waals surface area contributed by atoms with Gasteiger partial charge in [-0.3, -0.25) is 0 Å². The van der Waals surface area contributed by atoms with E-state index in [0.29, 0.717) is 6.04 Å². The minimum Gasteiger partial charge on any atom is -0.314 e. The van der Waals surface area contributed by atoms with Crippen molar-refractivity contribution >= 4 is 0 Å². The van der Waals surface area contributed by atoms with Crippen LogP contribution < -0.4 is 5.32 Å².